The van der Waals surface area contributed by atoms with Gasteiger partial charge in [-0.25, -0.2) is 0 Å². The van der Waals surface area contributed by atoms with E-state index in [0.29, 0.717) is 29.4 Å². The smallest absolute Gasteiger partial charge is 0.224 e. The molecule has 0 spiro atoms. The molecule has 1 aromatic heterocycles. The van der Waals surface area contributed by atoms with Crippen molar-refractivity contribution in [3.8, 4) is 11.4 Å². The van der Waals surface area contributed by atoms with Gasteiger partial charge in [-0.15, -0.1) is 16.8 Å². The Labute approximate surface area is 180 Å². The summed E-state index contributed by atoms with van der Waals surface area (Å²) < 4.78 is 1.96. The zero-order valence-electron chi connectivity index (χ0n) is 17.1. The lowest BCUT2D eigenvalue weighted by Crippen LogP contribution is -2.10. The third-order valence-electron chi connectivity index (χ3n) is 4.45. The Hall–Kier alpha value is -3.19. The normalized spacial score (nSPS) is 10.6. The SMILES string of the molecule is C=CCn1c(SCC(=O)c2ccc(NC(=O)CC)cc2)nnc1-c1cccc(C)c1. The van der Waals surface area contributed by atoms with Crippen molar-refractivity contribution >= 4 is 29.1 Å². The van der Waals surface area contributed by atoms with Gasteiger partial charge in [0.05, 0.1) is 5.75 Å². The number of nitrogens with one attached hydrogen (secondary N) is 1. The molecule has 7 heteroatoms. The van der Waals surface area contributed by atoms with Gasteiger partial charge in [0.25, 0.3) is 0 Å². The second-order valence-corrected chi connectivity index (χ2v) is 7.71. The van der Waals surface area contributed by atoms with Crippen molar-refractivity contribution in [1.29, 1.82) is 0 Å². The molecule has 3 rings (SSSR count). The molecular weight excluding hydrogens is 396 g/mol. The van der Waals surface area contributed by atoms with E-state index < -0.39 is 0 Å². The van der Waals surface area contributed by atoms with E-state index in [9.17, 15) is 9.59 Å². The summed E-state index contributed by atoms with van der Waals surface area (Å²) in [5.74, 6) is 0.919. The number of aryl methyl sites for hydroxylation is 1. The minimum atomic E-state index is -0.0596. The topological polar surface area (TPSA) is 76.9 Å². The van der Waals surface area contributed by atoms with Gasteiger partial charge < -0.3 is 5.32 Å². The molecule has 0 aliphatic carbocycles. The van der Waals surface area contributed by atoms with Gasteiger partial charge in [-0.2, -0.15) is 0 Å². The molecule has 1 amide bonds. The quantitative estimate of drug-likeness (QED) is 0.307. The molecule has 0 aliphatic heterocycles. The number of aromatic nitrogens is 3. The zero-order valence-corrected chi connectivity index (χ0v) is 17.9. The number of amides is 1. The fourth-order valence-electron chi connectivity index (χ4n) is 2.89. The van der Waals surface area contributed by atoms with Crippen LogP contribution in [0.4, 0.5) is 5.69 Å². The maximum Gasteiger partial charge on any atom is 0.224 e. The molecule has 1 heterocycles. The minimum Gasteiger partial charge on any atom is -0.326 e. The minimum absolute atomic E-state index is 0.0152. The van der Waals surface area contributed by atoms with Crippen LogP contribution in [0.2, 0.25) is 0 Å². The number of nitrogens with zero attached hydrogens (tertiary/aromatic N) is 3. The third kappa shape index (κ3) is 5.24. The van der Waals surface area contributed by atoms with Gasteiger partial charge in [-0.3, -0.25) is 14.2 Å². The van der Waals surface area contributed by atoms with E-state index in [4.69, 9.17) is 0 Å². The van der Waals surface area contributed by atoms with Gasteiger partial charge in [0, 0.05) is 29.8 Å². The highest BCUT2D eigenvalue weighted by Crippen LogP contribution is 2.25. The van der Waals surface area contributed by atoms with Gasteiger partial charge in [0.15, 0.2) is 16.8 Å². The van der Waals surface area contributed by atoms with Crippen LogP contribution in [0.3, 0.4) is 0 Å². The number of rotatable bonds is 9. The van der Waals surface area contributed by atoms with Crippen LogP contribution in [0, 0.1) is 6.92 Å². The van der Waals surface area contributed by atoms with Crippen LogP contribution in [0.25, 0.3) is 11.4 Å². The molecule has 0 unspecified atom stereocenters. The van der Waals surface area contributed by atoms with E-state index in [1.807, 2.05) is 29.7 Å². The molecule has 2 aromatic carbocycles. The molecule has 3 aromatic rings. The van der Waals surface area contributed by atoms with Crippen LogP contribution in [-0.2, 0) is 11.3 Å². The Morgan fingerprint density at radius 3 is 2.60 bits per heavy atom. The Bertz CT molecular complexity index is 1060. The summed E-state index contributed by atoms with van der Waals surface area (Å²) in [5.41, 5.74) is 3.39. The van der Waals surface area contributed by atoms with Crippen molar-refractivity contribution in [1.82, 2.24) is 14.8 Å². The molecule has 0 bridgehead atoms. The highest BCUT2D eigenvalue weighted by Gasteiger charge is 2.16. The van der Waals surface area contributed by atoms with Crippen LogP contribution in [0.15, 0.2) is 66.3 Å². The summed E-state index contributed by atoms with van der Waals surface area (Å²) in [6, 6.07) is 15.0. The second-order valence-electron chi connectivity index (χ2n) is 6.77. The van der Waals surface area contributed by atoms with E-state index >= 15 is 0 Å². The summed E-state index contributed by atoms with van der Waals surface area (Å²) >= 11 is 1.35. The summed E-state index contributed by atoms with van der Waals surface area (Å²) in [6.07, 6.45) is 2.20. The number of hydrogen-bond acceptors (Lipinski definition) is 5. The molecule has 0 atom stereocenters. The second kappa shape index (κ2) is 10.0. The fourth-order valence-corrected chi connectivity index (χ4v) is 3.73. The van der Waals surface area contributed by atoms with Crippen LogP contribution in [0.1, 0.15) is 29.3 Å². The van der Waals surface area contributed by atoms with Crippen molar-refractivity contribution in [2.75, 3.05) is 11.1 Å². The van der Waals surface area contributed by atoms with Crippen molar-refractivity contribution in [3.63, 3.8) is 0 Å². The Morgan fingerprint density at radius 2 is 1.93 bits per heavy atom. The first-order chi connectivity index (χ1) is 14.5. The highest BCUT2D eigenvalue weighted by molar-refractivity contribution is 7.99. The first kappa shape index (κ1) is 21.5. The predicted octanol–water partition coefficient (Wildman–Crippen LogP) is 4.76. The Morgan fingerprint density at radius 1 is 1.17 bits per heavy atom. The average molecular weight is 421 g/mol. The van der Waals surface area contributed by atoms with E-state index in [1.54, 1.807) is 37.3 Å². The summed E-state index contributed by atoms with van der Waals surface area (Å²) in [7, 11) is 0. The van der Waals surface area contributed by atoms with Crippen molar-refractivity contribution in [2.45, 2.75) is 32.0 Å². The summed E-state index contributed by atoms with van der Waals surface area (Å²) in [4.78, 5) is 24.1. The number of allylic oxidation sites excluding steroid dienone is 1. The molecule has 30 heavy (non-hydrogen) atoms. The number of carbonyl (C=O) groups is 2. The van der Waals surface area contributed by atoms with Gasteiger partial charge in [-0.1, -0.05) is 48.5 Å². The first-order valence-electron chi connectivity index (χ1n) is 9.69. The predicted molar refractivity (Wildman–Crippen MR) is 121 cm³/mol. The summed E-state index contributed by atoms with van der Waals surface area (Å²) in [6.45, 7) is 8.20. The number of Topliss-reactive ketones (excluding diaryl/α,β-unsaturated/α-hetero) is 1. The van der Waals surface area contributed by atoms with Gasteiger partial charge >= 0.3 is 0 Å². The van der Waals surface area contributed by atoms with Crippen LogP contribution < -0.4 is 5.32 Å². The molecule has 0 aliphatic rings. The number of ketones is 1. The van der Waals surface area contributed by atoms with Crippen molar-refractivity contribution in [2.24, 2.45) is 0 Å². The largest absolute Gasteiger partial charge is 0.326 e. The maximum absolute atomic E-state index is 12.6. The number of thioether (sulfide) groups is 1. The van der Waals surface area contributed by atoms with E-state index in [1.165, 1.54) is 11.8 Å². The van der Waals surface area contributed by atoms with Crippen LogP contribution >= 0.6 is 11.8 Å². The van der Waals surface area contributed by atoms with E-state index in [0.717, 1.165) is 17.0 Å². The van der Waals surface area contributed by atoms with E-state index in [2.05, 4.69) is 28.2 Å². The lowest BCUT2D eigenvalue weighted by atomic mass is 10.1. The first-order valence-corrected chi connectivity index (χ1v) is 10.7. The number of hydrogen-bond donors (Lipinski definition) is 1. The molecule has 1 N–H and O–H groups in total. The van der Waals surface area contributed by atoms with Gasteiger partial charge in [0.1, 0.15) is 0 Å². The van der Waals surface area contributed by atoms with Gasteiger partial charge in [0.2, 0.25) is 5.91 Å². The zero-order chi connectivity index (χ0) is 21.5. The monoisotopic (exact) mass is 420 g/mol. The molecular formula is C23H24N4O2S. The summed E-state index contributed by atoms with van der Waals surface area (Å²) in [5, 5.41) is 12.1. The van der Waals surface area contributed by atoms with E-state index in [-0.39, 0.29) is 17.4 Å². The molecule has 154 valence electrons. The molecule has 6 nitrogen and oxygen atoms in total. The van der Waals surface area contributed by atoms with Gasteiger partial charge in [-0.05, 0) is 37.3 Å². The van der Waals surface area contributed by atoms with Crippen LogP contribution in [0.5, 0.6) is 0 Å². The Balaban J connectivity index is 1.71. The fraction of sp³-hybridized carbons (Fsp3) is 0.217. The average Bonchev–Trinajstić information content (AvgIpc) is 3.15. The molecule has 0 radical (unpaired) electrons. The van der Waals surface area contributed by atoms with Crippen LogP contribution in [-0.4, -0.2) is 32.2 Å². The Kier molecular flexibility index (Phi) is 7.19. The third-order valence-corrected chi connectivity index (χ3v) is 5.42. The standard InChI is InChI=1S/C23H24N4O2S/c1-4-13-27-22(18-8-6-7-16(3)14-18)25-26-23(27)30-15-20(28)17-9-11-19(12-10-17)24-21(29)5-2/h4,6-12,14H,1,5,13,15H2,2-3H3,(H,24,29). The molecule has 0 fully saturated rings. The number of carbonyl (C=O) groups excluding carboxylic acids is 2. The number of anilines is 1. The number of benzene rings is 2. The molecule has 0 saturated carbocycles. The highest BCUT2D eigenvalue weighted by atomic mass is 32.2. The lowest BCUT2D eigenvalue weighted by Gasteiger charge is -2.08. The van der Waals surface area contributed by atoms with Crippen molar-refractivity contribution < 1.29 is 9.59 Å². The maximum atomic E-state index is 12.6. The molecule has 0 saturated heterocycles. The lowest BCUT2D eigenvalue weighted by molar-refractivity contribution is -0.115. The van der Waals surface area contributed by atoms with Crippen molar-refractivity contribution in [3.05, 3.63) is 72.3 Å².